The lowest BCUT2D eigenvalue weighted by Crippen LogP contribution is -2.50. The smallest absolute Gasteiger partial charge is 0.312 e. The van der Waals surface area contributed by atoms with Crippen LogP contribution in [0.1, 0.15) is 175 Å². The lowest BCUT2D eigenvalue weighted by Gasteiger charge is -2.45. The highest BCUT2D eigenvalue weighted by Gasteiger charge is 2.53. The summed E-state index contributed by atoms with van der Waals surface area (Å²) >= 11 is 7.44. The summed E-state index contributed by atoms with van der Waals surface area (Å²) in [7, 11) is 0. The van der Waals surface area contributed by atoms with Crippen LogP contribution in [0.15, 0.2) is 0 Å². The van der Waals surface area contributed by atoms with E-state index in [0.29, 0.717) is 12.8 Å². The van der Waals surface area contributed by atoms with Crippen LogP contribution in [0.4, 0.5) is 0 Å². The summed E-state index contributed by atoms with van der Waals surface area (Å²) in [5, 5.41) is 0. The van der Waals surface area contributed by atoms with Gasteiger partial charge in [-0.25, -0.2) is 0 Å². The average molecular weight is 869 g/mol. The summed E-state index contributed by atoms with van der Waals surface area (Å²) in [4.78, 5) is 54.6. The molecule has 0 aliphatic heterocycles. The van der Waals surface area contributed by atoms with E-state index in [2.05, 4.69) is 45.7 Å². The molecule has 0 heterocycles. The molecule has 0 aliphatic carbocycles. The van der Waals surface area contributed by atoms with Gasteiger partial charge in [0.25, 0.3) is 0 Å². The minimum atomic E-state index is -1.08. The molecular weight excluding hydrogens is 792 g/mol. The van der Waals surface area contributed by atoms with Gasteiger partial charge in [-0.1, -0.05) is 127 Å². The van der Waals surface area contributed by atoms with Crippen LogP contribution in [0, 0.1) is 33.5 Å². The number of alkyl halides is 2. The molecule has 0 rings (SSSR count). The van der Waals surface area contributed by atoms with Gasteiger partial charge in [0.1, 0.15) is 25.4 Å². The van der Waals surface area contributed by atoms with Crippen LogP contribution in [-0.4, -0.2) is 57.9 Å². The molecule has 0 spiro atoms. The topological polar surface area (TPSA) is 105 Å². The van der Waals surface area contributed by atoms with E-state index in [9.17, 15) is 19.2 Å². The molecule has 0 aromatic heterocycles. The minimum absolute atomic E-state index is 0.124. The van der Waals surface area contributed by atoms with Crippen LogP contribution < -0.4 is 0 Å². The molecule has 0 N–H and O–H groups in total. The standard InChI is InChI=1S/C42H76Br2O8/c1-17-21-23-29(19-3)51-33(45)31(28-38(7,8)43)39(9,10)41(13,14)36(48)50-26-25-49-35(47)40(11,12)37(5,6)27-32(42(15,16)44)34(46)52-30(20-4)24-22-18-2/h29-32H,17-28H2,1-16H3. The molecule has 4 atom stereocenters. The molecule has 0 saturated carbocycles. The number of hydrogen-bond acceptors (Lipinski definition) is 8. The Morgan fingerprint density at radius 3 is 1.29 bits per heavy atom. The summed E-state index contributed by atoms with van der Waals surface area (Å²) in [6, 6.07) is 0. The maximum absolute atomic E-state index is 13.8. The molecule has 0 amide bonds. The zero-order valence-corrected chi connectivity index (χ0v) is 39.0. The first-order chi connectivity index (χ1) is 23.6. The zero-order chi connectivity index (χ0) is 40.9. The van der Waals surface area contributed by atoms with E-state index in [-0.39, 0.29) is 41.7 Å². The van der Waals surface area contributed by atoms with Gasteiger partial charge >= 0.3 is 23.9 Å². The molecule has 0 saturated heterocycles. The molecule has 0 fully saturated rings. The zero-order valence-electron chi connectivity index (χ0n) is 35.8. The first kappa shape index (κ1) is 50.8. The number of ether oxygens (including phenoxy) is 4. The lowest BCUT2D eigenvalue weighted by molar-refractivity contribution is -0.177. The van der Waals surface area contributed by atoms with Crippen LogP contribution in [0.3, 0.4) is 0 Å². The Balaban J connectivity index is 5.77. The predicted octanol–water partition coefficient (Wildman–Crippen LogP) is 11.6. The lowest BCUT2D eigenvalue weighted by atomic mass is 9.59. The Morgan fingerprint density at radius 1 is 0.558 bits per heavy atom. The largest absolute Gasteiger partial charge is 0.462 e. The Hall–Kier alpha value is -1.16. The van der Waals surface area contributed by atoms with Gasteiger partial charge in [0.15, 0.2) is 0 Å². The molecule has 4 unspecified atom stereocenters. The number of rotatable bonds is 25. The van der Waals surface area contributed by atoms with E-state index in [4.69, 9.17) is 18.9 Å². The van der Waals surface area contributed by atoms with Gasteiger partial charge in [-0.05, 0) is 90.9 Å². The van der Waals surface area contributed by atoms with Crippen LogP contribution in [0.25, 0.3) is 0 Å². The summed E-state index contributed by atoms with van der Waals surface area (Å²) in [5.74, 6) is -2.59. The summed E-state index contributed by atoms with van der Waals surface area (Å²) in [6.07, 6.45) is 7.69. The van der Waals surface area contributed by atoms with Gasteiger partial charge in [0.2, 0.25) is 0 Å². The summed E-state index contributed by atoms with van der Waals surface area (Å²) < 4.78 is 22.5. The maximum Gasteiger partial charge on any atom is 0.312 e. The SMILES string of the molecule is CCCCC(CC)OC(=O)C(CC(C)(C)C(C)(C)C(=O)OCCOC(=O)C(C)(C)C(C)(C)C(CC(C)(C)Br)C(=O)OC(CC)CCCC)C(C)(C)Br. The van der Waals surface area contributed by atoms with Gasteiger partial charge in [-0.3, -0.25) is 19.2 Å². The quantitative estimate of drug-likeness (QED) is 0.0387. The number of carbonyl (C=O) groups excluding carboxylic acids is 4. The predicted molar refractivity (Wildman–Crippen MR) is 219 cm³/mol. The Bertz CT molecular complexity index is 1130. The molecule has 0 aromatic carbocycles. The molecule has 8 nitrogen and oxygen atoms in total. The molecule has 0 aromatic rings. The third kappa shape index (κ3) is 15.2. The van der Waals surface area contributed by atoms with Gasteiger partial charge in [-0.15, -0.1) is 0 Å². The van der Waals surface area contributed by atoms with Crippen molar-refractivity contribution in [2.75, 3.05) is 13.2 Å². The van der Waals surface area contributed by atoms with Crippen molar-refractivity contribution in [3.05, 3.63) is 0 Å². The number of carbonyl (C=O) groups is 4. The van der Waals surface area contributed by atoms with E-state index >= 15 is 0 Å². The molecule has 0 aliphatic rings. The third-order valence-corrected chi connectivity index (χ3v) is 12.7. The van der Waals surface area contributed by atoms with E-state index in [1.807, 2.05) is 83.1 Å². The normalized spacial score (nSPS) is 15.7. The first-order valence-corrected chi connectivity index (χ1v) is 21.3. The Morgan fingerprint density at radius 2 is 0.942 bits per heavy atom. The van der Waals surface area contributed by atoms with Crippen molar-refractivity contribution in [1.82, 2.24) is 0 Å². The van der Waals surface area contributed by atoms with Crippen molar-refractivity contribution in [1.29, 1.82) is 0 Å². The second-order valence-electron chi connectivity index (χ2n) is 18.1. The van der Waals surface area contributed by atoms with Gasteiger partial charge < -0.3 is 18.9 Å². The van der Waals surface area contributed by atoms with Crippen molar-refractivity contribution >= 4 is 55.7 Å². The number of halogens is 2. The first-order valence-electron chi connectivity index (χ1n) is 19.7. The van der Waals surface area contributed by atoms with Crippen LogP contribution >= 0.6 is 31.9 Å². The van der Waals surface area contributed by atoms with Crippen molar-refractivity contribution in [2.45, 2.75) is 196 Å². The van der Waals surface area contributed by atoms with Crippen molar-refractivity contribution < 1.29 is 38.1 Å². The second kappa shape index (κ2) is 21.2. The number of unbranched alkanes of at least 4 members (excludes halogenated alkanes) is 2. The number of esters is 4. The van der Waals surface area contributed by atoms with Crippen LogP contribution in [-0.2, 0) is 38.1 Å². The molecule has 10 heteroatoms. The molecule has 0 bridgehead atoms. The van der Waals surface area contributed by atoms with Gasteiger partial charge in [0, 0.05) is 8.65 Å². The highest BCUT2D eigenvalue weighted by molar-refractivity contribution is 9.10. The molecule has 0 radical (unpaired) electrons. The van der Waals surface area contributed by atoms with Crippen LogP contribution in [0.5, 0.6) is 0 Å². The molecular formula is C42H76Br2O8. The van der Waals surface area contributed by atoms with E-state index in [1.165, 1.54) is 0 Å². The van der Waals surface area contributed by atoms with Gasteiger partial charge in [0.05, 0.1) is 22.7 Å². The van der Waals surface area contributed by atoms with E-state index in [1.54, 1.807) is 13.8 Å². The highest BCUT2D eigenvalue weighted by Crippen LogP contribution is 2.50. The van der Waals surface area contributed by atoms with Gasteiger partial charge in [-0.2, -0.15) is 0 Å². The molecule has 52 heavy (non-hydrogen) atoms. The average Bonchev–Trinajstić information content (AvgIpc) is 3.02. The minimum Gasteiger partial charge on any atom is -0.462 e. The third-order valence-electron chi connectivity index (χ3n) is 11.8. The van der Waals surface area contributed by atoms with E-state index < -0.39 is 49.8 Å². The fraction of sp³-hybridized carbons (Fsp3) is 0.905. The summed E-state index contributed by atoms with van der Waals surface area (Å²) in [5.41, 5.74) is -3.56. The Labute approximate surface area is 335 Å². The maximum atomic E-state index is 13.8. The number of hydrogen-bond donors (Lipinski definition) is 0. The highest BCUT2D eigenvalue weighted by atomic mass is 79.9. The van der Waals surface area contributed by atoms with Crippen molar-refractivity contribution in [3.8, 4) is 0 Å². The Kier molecular flexibility index (Phi) is 20.8. The summed E-state index contributed by atoms with van der Waals surface area (Å²) in [6.45, 7) is 30.9. The monoisotopic (exact) mass is 866 g/mol. The van der Waals surface area contributed by atoms with E-state index in [0.717, 1.165) is 51.4 Å². The fourth-order valence-electron chi connectivity index (χ4n) is 6.14. The van der Waals surface area contributed by atoms with Crippen molar-refractivity contribution in [2.24, 2.45) is 33.5 Å². The van der Waals surface area contributed by atoms with Crippen molar-refractivity contribution in [3.63, 3.8) is 0 Å². The van der Waals surface area contributed by atoms with Crippen LogP contribution in [0.2, 0.25) is 0 Å². The molecule has 306 valence electrons. The second-order valence-corrected chi connectivity index (χ2v) is 22.3. The fourth-order valence-corrected chi connectivity index (χ4v) is 6.82.